The molecule has 2 aliphatic rings. The molecule has 13 heteroatoms. The monoisotopic (exact) mass is 731 g/mol. The molecule has 2 amide bonds. The van der Waals surface area contributed by atoms with Crippen molar-refractivity contribution in [3.8, 4) is 39.5 Å². The summed E-state index contributed by atoms with van der Waals surface area (Å²) in [6.07, 6.45) is 2.80. The molecule has 5 N–H and O–H groups in total. The summed E-state index contributed by atoms with van der Waals surface area (Å²) in [4.78, 5) is 36.1. The number of pyridine rings is 2. The quantitative estimate of drug-likeness (QED) is 0.0969. The van der Waals surface area contributed by atoms with Crippen LogP contribution >= 0.6 is 34.8 Å². The first kappa shape index (κ1) is 34.3. The van der Waals surface area contributed by atoms with E-state index in [0.717, 1.165) is 51.7 Å². The molecule has 2 aliphatic heterocycles. The summed E-state index contributed by atoms with van der Waals surface area (Å²) in [5.74, 6) is 0.690. The zero-order valence-corrected chi connectivity index (χ0v) is 29.6. The van der Waals surface area contributed by atoms with Crippen molar-refractivity contribution in [2.45, 2.75) is 50.9 Å². The second-order valence-electron chi connectivity index (χ2n) is 12.6. The lowest BCUT2D eigenvalue weighted by Crippen LogP contribution is -2.35. The number of carbonyl (C=O) groups excluding carboxylic acids is 2. The van der Waals surface area contributed by atoms with Crippen molar-refractivity contribution in [3.63, 3.8) is 0 Å². The summed E-state index contributed by atoms with van der Waals surface area (Å²) in [7, 11) is 1.60. The highest BCUT2D eigenvalue weighted by Crippen LogP contribution is 2.42. The number of carbonyl (C=O) groups is 2. The molecule has 0 aliphatic carbocycles. The van der Waals surface area contributed by atoms with E-state index >= 15 is 0 Å². The Morgan fingerprint density at radius 1 is 0.720 bits per heavy atom. The number of rotatable bonds is 12. The van der Waals surface area contributed by atoms with E-state index in [1.807, 2.05) is 60.7 Å². The Balaban J connectivity index is 1.10. The lowest BCUT2D eigenvalue weighted by atomic mass is 9.98. The van der Waals surface area contributed by atoms with Gasteiger partial charge in [-0.2, -0.15) is 0 Å². The molecule has 2 aromatic carbocycles. The van der Waals surface area contributed by atoms with Crippen LogP contribution in [0.1, 0.15) is 36.9 Å². The van der Waals surface area contributed by atoms with Crippen LogP contribution in [0.5, 0.6) is 5.88 Å². The highest BCUT2D eigenvalue weighted by atomic mass is 35.5. The maximum absolute atomic E-state index is 11.5. The van der Waals surface area contributed by atoms with Gasteiger partial charge in [-0.3, -0.25) is 9.59 Å². The summed E-state index contributed by atoms with van der Waals surface area (Å²) >= 11 is 20.9. The van der Waals surface area contributed by atoms with Crippen molar-refractivity contribution < 1.29 is 14.3 Å². The number of hydrogen-bond donors (Lipinski definition) is 5. The molecule has 2 fully saturated rings. The van der Waals surface area contributed by atoms with Crippen molar-refractivity contribution >= 4 is 57.7 Å². The van der Waals surface area contributed by atoms with Gasteiger partial charge in [0.15, 0.2) is 0 Å². The Bertz CT molecular complexity index is 2090. The summed E-state index contributed by atoms with van der Waals surface area (Å²) in [6, 6.07) is 19.6. The molecular formula is C37H36Cl3N7O3. The van der Waals surface area contributed by atoms with Crippen LogP contribution in [0.2, 0.25) is 15.1 Å². The molecule has 10 nitrogen and oxygen atoms in total. The minimum absolute atomic E-state index is 0.0935. The second-order valence-corrected chi connectivity index (χ2v) is 13.7. The van der Waals surface area contributed by atoms with Crippen LogP contribution in [0.25, 0.3) is 44.7 Å². The van der Waals surface area contributed by atoms with Gasteiger partial charge in [0.1, 0.15) is 5.65 Å². The first-order chi connectivity index (χ1) is 24.3. The smallest absolute Gasteiger partial charge is 0.220 e. The normalized spacial score (nSPS) is 17.4. The summed E-state index contributed by atoms with van der Waals surface area (Å²) < 4.78 is 5.65. The van der Waals surface area contributed by atoms with Gasteiger partial charge in [-0.15, -0.1) is 0 Å². The molecule has 0 spiro atoms. The van der Waals surface area contributed by atoms with Gasteiger partial charge in [0.05, 0.1) is 33.6 Å². The third kappa shape index (κ3) is 7.17. The number of amides is 2. The predicted molar refractivity (Wildman–Crippen MR) is 198 cm³/mol. The molecular weight excluding hydrogens is 697 g/mol. The summed E-state index contributed by atoms with van der Waals surface area (Å²) in [6.45, 7) is 2.41. The van der Waals surface area contributed by atoms with Gasteiger partial charge in [-0.05, 0) is 31.0 Å². The highest BCUT2D eigenvalue weighted by Gasteiger charge is 2.22. The SMILES string of the molecule is COc1nc(-c2cccc(-c3cccc(-c4ccc5c(Cl)c(CNC[C@@H]6CCC(=O)N6)[nH]c5n4)c3Cl)c2Cl)ccc1CNC[C@@H]1CCC(=O)N1. The van der Waals surface area contributed by atoms with Crippen LogP contribution < -0.4 is 26.0 Å². The highest BCUT2D eigenvalue weighted by molar-refractivity contribution is 6.39. The average molecular weight is 733 g/mol. The van der Waals surface area contributed by atoms with Gasteiger partial charge in [0.2, 0.25) is 17.7 Å². The first-order valence-corrected chi connectivity index (χ1v) is 17.7. The Hall–Kier alpha value is -4.19. The number of aromatic amines is 1. The summed E-state index contributed by atoms with van der Waals surface area (Å²) in [5, 5.41) is 15.2. The molecule has 2 saturated heterocycles. The molecule has 258 valence electrons. The zero-order chi connectivity index (χ0) is 34.8. The van der Waals surface area contributed by atoms with Crippen LogP contribution in [0.15, 0.2) is 60.7 Å². The van der Waals surface area contributed by atoms with Crippen LogP contribution in [-0.2, 0) is 22.7 Å². The number of hydrogen-bond acceptors (Lipinski definition) is 7. The van der Waals surface area contributed by atoms with Gasteiger partial charge in [-0.25, -0.2) is 9.97 Å². The molecule has 0 bridgehead atoms. The van der Waals surface area contributed by atoms with Crippen LogP contribution in [-0.4, -0.2) is 59.0 Å². The fraction of sp³-hybridized carbons (Fsp3) is 0.297. The van der Waals surface area contributed by atoms with E-state index in [-0.39, 0.29) is 23.9 Å². The van der Waals surface area contributed by atoms with Crippen molar-refractivity contribution in [2.75, 3.05) is 20.2 Å². The van der Waals surface area contributed by atoms with E-state index < -0.39 is 0 Å². The number of nitrogens with zero attached hydrogens (tertiary/aromatic N) is 2. The number of benzene rings is 2. The van der Waals surface area contributed by atoms with E-state index in [0.29, 0.717) is 77.0 Å². The molecule has 3 aromatic heterocycles. The number of ether oxygens (including phenoxy) is 1. The fourth-order valence-electron chi connectivity index (χ4n) is 6.58. The molecule has 7 rings (SSSR count). The Kier molecular flexibility index (Phi) is 10.3. The number of H-pyrrole nitrogens is 1. The van der Waals surface area contributed by atoms with Crippen molar-refractivity contribution in [3.05, 3.63) is 87.0 Å². The minimum atomic E-state index is 0.0935. The van der Waals surface area contributed by atoms with Crippen LogP contribution in [0, 0.1) is 0 Å². The number of methoxy groups -OCH3 is 1. The maximum Gasteiger partial charge on any atom is 0.220 e. The predicted octanol–water partition coefficient (Wildman–Crippen LogP) is 6.66. The first-order valence-electron chi connectivity index (χ1n) is 16.6. The second kappa shape index (κ2) is 15.0. The Morgan fingerprint density at radius 3 is 1.86 bits per heavy atom. The molecule has 0 radical (unpaired) electrons. The number of aromatic nitrogens is 3. The van der Waals surface area contributed by atoms with E-state index in [1.54, 1.807) is 7.11 Å². The molecule has 5 aromatic rings. The van der Waals surface area contributed by atoms with Gasteiger partial charge in [0, 0.05) is 90.0 Å². The number of fused-ring (bicyclic) bond motifs is 1. The Morgan fingerprint density at radius 2 is 1.28 bits per heavy atom. The van der Waals surface area contributed by atoms with Crippen LogP contribution in [0.3, 0.4) is 0 Å². The molecule has 0 unspecified atom stereocenters. The van der Waals surface area contributed by atoms with Crippen molar-refractivity contribution in [1.29, 1.82) is 0 Å². The lowest BCUT2D eigenvalue weighted by molar-refractivity contribution is -0.120. The van der Waals surface area contributed by atoms with E-state index in [9.17, 15) is 9.59 Å². The molecule has 50 heavy (non-hydrogen) atoms. The molecule has 0 saturated carbocycles. The molecule has 5 heterocycles. The third-order valence-corrected chi connectivity index (χ3v) is 10.5. The number of halogens is 3. The van der Waals surface area contributed by atoms with Gasteiger partial charge >= 0.3 is 0 Å². The number of nitrogens with one attached hydrogen (secondary N) is 5. The fourth-order valence-corrected chi connectivity index (χ4v) is 7.50. The largest absolute Gasteiger partial charge is 0.481 e. The lowest BCUT2D eigenvalue weighted by Gasteiger charge is -2.15. The summed E-state index contributed by atoms with van der Waals surface area (Å²) in [5.41, 5.74) is 6.76. The average Bonchev–Trinajstić information content (AvgIpc) is 3.82. The van der Waals surface area contributed by atoms with E-state index in [2.05, 4.69) is 26.3 Å². The maximum atomic E-state index is 11.5. The minimum Gasteiger partial charge on any atom is -0.481 e. The van der Waals surface area contributed by atoms with Gasteiger partial charge < -0.3 is 31.0 Å². The van der Waals surface area contributed by atoms with Gasteiger partial charge in [0.25, 0.3) is 0 Å². The van der Waals surface area contributed by atoms with Crippen molar-refractivity contribution in [1.82, 2.24) is 36.2 Å². The van der Waals surface area contributed by atoms with Crippen LogP contribution in [0.4, 0.5) is 0 Å². The topological polar surface area (TPSA) is 133 Å². The van der Waals surface area contributed by atoms with E-state index in [1.165, 1.54) is 0 Å². The molecule has 2 atom stereocenters. The van der Waals surface area contributed by atoms with Crippen molar-refractivity contribution in [2.24, 2.45) is 0 Å². The zero-order valence-electron chi connectivity index (χ0n) is 27.3. The van der Waals surface area contributed by atoms with E-state index in [4.69, 9.17) is 49.5 Å². The van der Waals surface area contributed by atoms with Gasteiger partial charge in [-0.1, -0.05) is 77.3 Å². The standard InChI is InChI=1S/C37H36Cl3N7O3/c1-50-37-20(16-41-17-21-9-14-31(48)43-21)8-12-29(47-37)26-7-3-5-24(34(26)39)23-4-2-6-25(33(23)38)28-13-11-27-35(40)30(46-36(27)45-28)19-42-18-22-10-15-32(49)44-22/h2-8,11-13,21-22,41-42H,9-10,14-19H2,1H3,(H,43,48)(H,44,49)(H,45,46)/t21-,22-/m0/s1. The third-order valence-electron chi connectivity index (χ3n) is 9.21. The Labute approximate surface area is 304 Å².